The number of ether oxygens (including phenoxy) is 2. The van der Waals surface area contributed by atoms with E-state index in [1.54, 1.807) is 18.2 Å². The number of piperazine rings is 1. The van der Waals surface area contributed by atoms with Crippen molar-refractivity contribution in [3.8, 4) is 5.75 Å². The number of hydrogen-bond donors (Lipinski definition) is 3. The molecule has 9 rings (SSSR count). The van der Waals surface area contributed by atoms with Crippen molar-refractivity contribution < 1.29 is 42.2 Å². The van der Waals surface area contributed by atoms with E-state index in [9.17, 15) is 28.4 Å². The van der Waals surface area contributed by atoms with E-state index in [2.05, 4.69) is 35.7 Å². The molecule has 0 aliphatic carbocycles. The molecule has 3 N–H and O–H groups in total. The number of benzene rings is 3. The Morgan fingerprint density at radius 1 is 0.906 bits per heavy atom. The fourth-order valence-electron chi connectivity index (χ4n) is 8.97. The first-order valence-electron chi connectivity index (χ1n) is 21.4. The maximum atomic E-state index is 15.5. The second-order valence-corrected chi connectivity index (χ2v) is 17.1. The number of likely N-dealkylation sites (tertiary alicyclic amines) is 1. The highest BCUT2D eigenvalue weighted by molar-refractivity contribution is 6.31. The lowest BCUT2D eigenvalue weighted by atomic mass is 9.96. The summed E-state index contributed by atoms with van der Waals surface area (Å²) in [6.07, 6.45) is 7.33. The molecule has 0 spiro atoms. The lowest BCUT2D eigenvalue weighted by molar-refractivity contribution is -0.136. The molecule has 6 heterocycles. The van der Waals surface area contributed by atoms with Gasteiger partial charge in [-0.3, -0.25) is 44.0 Å². The molecule has 1 unspecified atom stereocenters. The third-order valence-corrected chi connectivity index (χ3v) is 12.7. The molecule has 4 saturated heterocycles. The minimum atomic E-state index is -1.11. The Morgan fingerprint density at radius 2 is 1.69 bits per heavy atom. The van der Waals surface area contributed by atoms with E-state index in [1.165, 1.54) is 30.6 Å². The fraction of sp³-hybridized carbons (Fsp3) is 0.400. The number of piperidine rings is 2. The molecule has 4 fully saturated rings. The van der Waals surface area contributed by atoms with Crippen LogP contribution in [-0.2, 0) is 19.1 Å². The number of aromatic nitrogens is 2. The molecule has 1 aromatic heterocycles. The monoisotopic (exact) mass is 897 g/mol. The van der Waals surface area contributed by atoms with E-state index < -0.39 is 41.3 Å². The van der Waals surface area contributed by atoms with Crippen LogP contribution in [0.25, 0.3) is 10.9 Å². The van der Waals surface area contributed by atoms with E-state index in [-0.39, 0.29) is 46.7 Å². The smallest absolute Gasteiger partial charge is 0.262 e. The Kier molecular flexibility index (Phi) is 12.5. The van der Waals surface area contributed by atoms with Crippen molar-refractivity contribution in [2.75, 3.05) is 81.1 Å². The number of fused-ring (bicyclic) bond motifs is 2. The molecule has 5 amide bonds. The summed E-state index contributed by atoms with van der Waals surface area (Å²) in [6.45, 7) is 6.77. The lowest BCUT2D eigenvalue weighted by Crippen LogP contribution is -2.54. The fourth-order valence-corrected chi connectivity index (χ4v) is 9.15. The Balaban J connectivity index is 0.760. The van der Waals surface area contributed by atoms with Gasteiger partial charge in [0, 0.05) is 75.3 Å². The molecule has 19 heteroatoms. The minimum absolute atomic E-state index is 0.00594. The molecule has 16 nitrogen and oxygen atoms in total. The summed E-state index contributed by atoms with van der Waals surface area (Å²) in [5.74, 6) is -2.67. The molecule has 4 aromatic rings. The summed E-state index contributed by atoms with van der Waals surface area (Å²) in [7, 11) is 0. The van der Waals surface area contributed by atoms with Gasteiger partial charge in [-0.25, -0.2) is 18.7 Å². The lowest BCUT2D eigenvalue weighted by Gasteiger charge is -2.39. The van der Waals surface area contributed by atoms with Crippen LogP contribution in [-0.4, -0.2) is 132 Å². The zero-order valence-electron chi connectivity index (χ0n) is 34.8. The molecular weight excluding hydrogens is 852 g/mol. The summed E-state index contributed by atoms with van der Waals surface area (Å²) in [6, 6.07) is 9.17. The Bertz CT molecular complexity index is 2540. The van der Waals surface area contributed by atoms with Crippen molar-refractivity contribution in [2.24, 2.45) is 5.92 Å². The first kappa shape index (κ1) is 43.2. The van der Waals surface area contributed by atoms with Crippen molar-refractivity contribution in [1.29, 1.82) is 0 Å². The van der Waals surface area contributed by atoms with Crippen LogP contribution in [0.4, 0.5) is 31.7 Å². The minimum Gasteiger partial charge on any atom is -0.486 e. The van der Waals surface area contributed by atoms with Crippen molar-refractivity contribution in [2.45, 2.75) is 44.2 Å². The highest BCUT2D eigenvalue weighted by Gasteiger charge is 2.45. The Labute approximate surface area is 371 Å². The van der Waals surface area contributed by atoms with Crippen LogP contribution < -0.4 is 25.6 Å². The highest BCUT2D eigenvalue weighted by atomic mass is 35.5. The largest absolute Gasteiger partial charge is 0.486 e. The zero-order chi connectivity index (χ0) is 44.5. The SMILES string of the molecule is O=C(/C=C/CN1CCC(CN2CCN(c3cc4c(cc3F)C(=O)N(C3CCC(=O)NC3=O)C4=O)CC2)CC1)Nc1cc2c(Nc3ccc(F)c(Cl)c3)ncnc2cc1O[C@H]1CCOC1. The van der Waals surface area contributed by atoms with E-state index in [0.717, 1.165) is 43.4 Å². The van der Waals surface area contributed by atoms with E-state index in [4.69, 9.17) is 21.1 Å². The number of anilines is 4. The van der Waals surface area contributed by atoms with Crippen molar-refractivity contribution >= 4 is 74.9 Å². The van der Waals surface area contributed by atoms with E-state index >= 15 is 4.39 Å². The number of carbonyl (C=O) groups is 5. The molecule has 334 valence electrons. The molecule has 0 bridgehead atoms. The normalized spacial score (nSPS) is 21.2. The molecule has 0 saturated carbocycles. The predicted molar refractivity (Wildman–Crippen MR) is 233 cm³/mol. The first-order valence-corrected chi connectivity index (χ1v) is 21.8. The predicted octanol–water partition coefficient (Wildman–Crippen LogP) is 4.90. The second-order valence-electron chi connectivity index (χ2n) is 16.7. The number of nitrogens with one attached hydrogen (secondary N) is 3. The number of hydrogen-bond acceptors (Lipinski definition) is 13. The maximum Gasteiger partial charge on any atom is 0.262 e. The third kappa shape index (κ3) is 9.27. The number of nitrogens with zero attached hydrogens (tertiary/aromatic N) is 6. The first-order chi connectivity index (χ1) is 31.0. The third-order valence-electron chi connectivity index (χ3n) is 12.4. The molecule has 0 radical (unpaired) electrons. The highest BCUT2D eigenvalue weighted by Crippen LogP contribution is 2.36. The topological polar surface area (TPSA) is 179 Å². The molecule has 5 aliphatic heterocycles. The summed E-state index contributed by atoms with van der Waals surface area (Å²) in [4.78, 5) is 80.1. The van der Waals surface area contributed by atoms with Crippen LogP contribution in [0.1, 0.15) is 52.8 Å². The van der Waals surface area contributed by atoms with E-state index in [1.807, 2.05) is 11.0 Å². The number of carbonyl (C=O) groups excluding carboxylic acids is 5. The molecule has 3 aromatic carbocycles. The van der Waals surface area contributed by atoms with Gasteiger partial charge in [-0.15, -0.1) is 0 Å². The average molecular weight is 898 g/mol. The van der Waals surface area contributed by atoms with Gasteiger partial charge in [0.25, 0.3) is 11.8 Å². The van der Waals surface area contributed by atoms with Gasteiger partial charge in [0.15, 0.2) is 0 Å². The number of rotatable bonds is 12. The van der Waals surface area contributed by atoms with Crippen LogP contribution in [0.5, 0.6) is 5.75 Å². The van der Waals surface area contributed by atoms with Crippen LogP contribution in [0.15, 0.2) is 60.9 Å². The van der Waals surface area contributed by atoms with Crippen LogP contribution >= 0.6 is 11.6 Å². The Morgan fingerprint density at radius 3 is 2.42 bits per heavy atom. The average Bonchev–Trinajstić information content (AvgIpc) is 3.88. The van der Waals surface area contributed by atoms with Gasteiger partial charge in [0.1, 0.15) is 41.7 Å². The number of imide groups is 2. The van der Waals surface area contributed by atoms with Gasteiger partial charge in [-0.2, -0.15) is 0 Å². The van der Waals surface area contributed by atoms with Crippen LogP contribution in [0.2, 0.25) is 5.02 Å². The van der Waals surface area contributed by atoms with Crippen molar-refractivity contribution in [3.63, 3.8) is 0 Å². The van der Waals surface area contributed by atoms with E-state index in [0.29, 0.717) is 92.1 Å². The van der Waals surface area contributed by atoms with Crippen molar-refractivity contribution in [3.05, 3.63) is 88.7 Å². The maximum absolute atomic E-state index is 15.5. The standard InChI is InChI=1S/C45H46ClF2N9O7/c46-32-18-27(3-4-33(32)47)51-42-31-20-36(39(22-35(31)49-25-50-42)64-28-9-17-63-24-28)52-40(58)2-1-10-54-11-7-26(8-12-54)23-55-13-15-56(16-14-55)38-21-30-29(19-34(38)48)44(61)57(45(30)62)37-5-6-41(59)53-43(37)60/h1-4,18-22,25-26,28,37H,5-17,23-24H2,(H,52,58)(H,49,50,51)(H,53,59,60)/b2-1+/t28-,37?/m0/s1. The second kappa shape index (κ2) is 18.6. The quantitative estimate of drug-likeness (QED) is 0.129. The Hall–Kier alpha value is -6.08. The van der Waals surface area contributed by atoms with Gasteiger partial charge in [-0.1, -0.05) is 17.7 Å². The van der Waals surface area contributed by atoms with Gasteiger partial charge in [0.2, 0.25) is 17.7 Å². The van der Waals surface area contributed by atoms with Crippen LogP contribution in [0, 0.1) is 17.6 Å². The zero-order valence-corrected chi connectivity index (χ0v) is 35.5. The summed E-state index contributed by atoms with van der Waals surface area (Å²) >= 11 is 6.01. The molecule has 64 heavy (non-hydrogen) atoms. The molecule has 2 atom stereocenters. The number of amides is 5. The molecular formula is C45H46ClF2N9O7. The van der Waals surface area contributed by atoms with Crippen LogP contribution in [0.3, 0.4) is 0 Å². The van der Waals surface area contributed by atoms with Gasteiger partial charge < -0.3 is 25.0 Å². The summed E-state index contributed by atoms with van der Waals surface area (Å²) < 4.78 is 41.1. The summed E-state index contributed by atoms with van der Waals surface area (Å²) in [5.41, 5.74) is 1.77. The van der Waals surface area contributed by atoms with Crippen molar-refractivity contribution in [1.82, 2.24) is 30.0 Å². The molecule has 5 aliphatic rings. The van der Waals surface area contributed by atoms with Gasteiger partial charge in [0.05, 0.1) is 46.3 Å². The summed E-state index contributed by atoms with van der Waals surface area (Å²) in [5, 5.41) is 8.89. The van der Waals surface area contributed by atoms with Gasteiger partial charge >= 0.3 is 0 Å². The van der Waals surface area contributed by atoms with Gasteiger partial charge in [-0.05, 0) is 74.7 Å². The number of halogens is 3.